The van der Waals surface area contributed by atoms with Crippen molar-refractivity contribution in [3.63, 3.8) is 0 Å². The summed E-state index contributed by atoms with van der Waals surface area (Å²) in [7, 11) is 2.13. The van der Waals surface area contributed by atoms with Crippen LogP contribution in [-0.2, 0) is 11.3 Å². The molecule has 2 bridgehead atoms. The summed E-state index contributed by atoms with van der Waals surface area (Å²) >= 11 is 0. The molecule has 1 aromatic carbocycles. The number of nitrogens with one attached hydrogen (secondary N) is 1. The molecule has 3 aliphatic heterocycles. The zero-order chi connectivity index (χ0) is 17.2. The van der Waals surface area contributed by atoms with Crippen molar-refractivity contribution in [2.24, 2.45) is 11.8 Å². The smallest absolute Gasteiger partial charge is 0.317 e. The highest BCUT2D eigenvalue weighted by atomic mass is 16.5. The van der Waals surface area contributed by atoms with E-state index in [1.165, 1.54) is 18.4 Å². The first kappa shape index (κ1) is 16.9. The van der Waals surface area contributed by atoms with Crippen molar-refractivity contribution in [3.8, 4) is 0 Å². The number of ether oxygens (including phenoxy) is 1. The topological polar surface area (TPSA) is 44.8 Å². The minimum atomic E-state index is 0.111. The van der Waals surface area contributed by atoms with Gasteiger partial charge in [-0.05, 0) is 38.4 Å². The summed E-state index contributed by atoms with van der Waals surface area (Å²) in [5.74, 6) is 1.17. The Bertz CT molecular complexity index is 576. The van der Waals surface area contributed by atoms with Crippen LogP contribution in [0.25, 0.3) is 0 Å². The molecule has 1 aromatic rings. The maximum absolute atomic E-state index is 12.4. The minimum Gasteiger partial charge on any atom is -0.374 e. The first-order valence-corrected chi connectivity index (χ1v) is 9.61. The summed E-state index contributed by atoms with van der Waals surface area (Å²) in [5, 5.41) is 3.10. The number of hydrogen-bond acceptors (Lipinski definition) is 3. The molecule has 136 valence electrons. The SMILES string of the molecule is CN(CCCNC(=O)N1C[C@@H]2[C@H](C1)[C@H]1CC[C@H]2O1)Cc1ccccc1. The molecule has 3 fully saturated rings. The van der Waals surface area contributed by atoms with Crippen molar-refractivity contribution in [1.82, 2.24) is 15.1 Å². The van der Waals surface area contributed by atoms with Crippen LogP contribution in [0.4, 0.5) is 4.79 Å². The highest BCUT2D eigenvalue weighted by Gasteiger charge is 2.53. The quantitative estimate of drug-likeness (QED) is 0.807. The second-order valence-electron chi connectivity index (χ2n) is 7.83. The van der Waals surface area contributed by atoms with Gasteiger partial charge in [-0.15, -0.1) is 0 Å². The summed E-state index contributed by atoms with van der Waals surface area (Å²) in [6, 6.07) is 10.6. The molecule has 3 saturated heterocycles. The highest BCUT2D eigenvalue weighted by Crippen LogP contribution is 2.47. The number of likely N-dealkylation sites (tertiary alicyclic amines) is 1. The lowest BCUT2D eigenvalue weighted by molar-refractivity contribution is 0.0739. The normalized spacial score (nSPS) is 30.1. The first-order chi connectivity index (χ1) is 12.2. The highest BCUT2D eigenvalue weighted by molar-refractivity contribution is 5.74. The van der Waals surface area contributed by atoms with Crippen LogP contribution in [0, 0.1) is 11.8 Å². The summed E-state index contributed by atoms with van der Waals surface area (Å²) in [5.41, 5.74) is 1.33. The molecular formula is C20H29N3O2. The van der Waals surface area contributed by atoms with Gasteiger partial charge in [0.15, 0.2) is 0 Å². The van der Waals surface area contributed by atoms with E-state index in [4.69, 9.17) is 4.74 Å². The zero-order valence-corrected chi connectivity index (χ0v) is 15.1. The van der Waals surface area contributed by atoms with Crippen LogP contribution in [0.2, 0.25) is 0 Å². The number of nitrogens with zero attached hydrogens (tertiary/aromatic N) is 2. The summed E-state index contributed by atoms with van der Waals surface area (Å²) in [6.45, 7) is 4.44. The van der Waals surface area contributed by atoms with E-state index >= 15 is 0 Å². The number of carbonyl (C=O) groups is 1. The summed E-state index contributed by atoms with van der Waals surface area (Å²) in [6.07, 6.45) is 4.19. The number of carbonyl (C=O) groups excluding carboxylic acids is 1. The zero-order valence-electron chi connectivity index (χ0n) is 15.1. The maximum Gasteiger partial charge on any atom is 0.317 e. The molecule has 25 heavy (non-hydrogen) atoms. The molecule has 4 rings (SSSR count). The molecular weight excluding hydrogens is 314 g/mol. The van der Waals surface area contributed by atoms with E-state index in [0.717, 1.165) is 39.1 Å². The van der Waals surface area contributed by atoms with Gasteiger partial charge in [0.05, 0.1) is 12.2 Å². The lowest BCUT2D eigenvalue weighted by Crippen LogP contribution is -2.40. The Balaban J connectivity index is 1.14. The molecule has 0 unspecified atom stereocenters. The van der Waals surface area contributed by atoms with E-state index in [2.05, 4.69) is 41.5 Å². The van der Waals surface area contributed by atoms with Gasteiger partial charge < -0.3 is 19.9 Å². The van der Waals surface area contributed by atoms with Gasteiger partial charge in [0, 0.05) is 38.0 Å². The largest absolute Gasteiger partial charge is 0.374 e. The Morgan fingerprint density at radius 1 is 1.20 bits per heavy atom. The van der Waals surface area contributed by atoms with Crippen molar-refractivity contribution < 1.29 is 9.53 Å². The molecule has 3 aliphatic rings. The molecule has 1 N–H and O–H groups in total. The predicted molar refractivity (Wildman–Crippen MR) is 97.2 cm³/mol. The fourth-order valence-corrected chi connectivity index (χ4v) is 4.76. The Labute approximate surface area is 150 Å². The Morgan fingerprint density at radius 2 is 1.88 bits per heavy atom. The molecule has 0 spiro atoms. The molecule has 2 amide bonds. The monoisotopic (exact) mass is 343 g/mol. The van der Waals surface area contributed by atoms with Crippen LogP contribution in [0.1, 0.15) is 24.8 Å². The van der Waals surface area contributed by atoms with Crippen molar-refractivity contribution in [2.45, 2.75) is 38.0 Å². The van der Waals surface area contributed by atoms with E-state index < -0.39 is 0 Å². The number of hydrogen-bond donors (Lipinski definition) is 1. The van der Waals surface area contributed by atoms with Crippen LogP contribution in [0.15, 0.2) is 30.3 Å². The minimum absolute atomic E-state index is 0.111. The fraction of sp³-hybridized carbons (Fsp3) is 0.650. The Kier molecular flexibility index (Phi) is 4.95. The van der Waals surface area contributed by atoms with E-state index in [1.54, 1.807) is 0 Å². The second-order valence-corrected chi connectivity index (χ2v) is 7.83. The second kappa shape index (κ2) is 7.34. The third kappa shape index (κ3) is 3.67. The molecule has 0 radical (unpaired) electrons. The van der Waals surface area contributed by atoms with Gasteiger partial charge >= 0.3 is 6.03 Å². The molecule has 5 heteroatoms. The van der Waals surface area contributed by atoms with E-state index in [-0.39, 0.29) is 6.03 Å². The number of urea groups is 1. The average molecular weight is 343 g/mol. The van der Waals surface area contributed by atoms with Crippen LogP contribution >= 0.6 is 0 Å². The Hall–Kier alpha value is -1.59. The van der Waals surface area contributed by atoms with E-state index in [1.807, 2.05) is 11.0 Å². The van der Waals surface area contributed by atoms with Gasteiger partial charge in [-0.3, -0.25) is 0 Å². The third-order valence-electron chi connectivity index (χ3n) is 6.03. The lowest BCUT2D eigenvalue weighted by Gasteiger charge is -2.20. The molecule has 4 atom stereocenters. The number of rotatable bonds is 6. The molecule has 5 nitrogen and oxygen atoms in total. The Morgan fingerprint density at radius 3 is 2.56 bits per heavy atom. The van der Waals surface area contributed by atoms with E-state index in [9.17, 15) is 4.79 Å². The van der Waals surface area contributed by atoms with Crippen molar-refractivity contribution in [1.29, 1.82) is 0 Å². The van der Waals surface area contributed by atoms with Crippen LogP contribution in [-0.4, -0.2) is 61.3 Å². The fourth-order valence-electron chi connectivity index (χ4n) is 4.76. The van der Waals surface area contributed by atoms with Crippen LogP contribution < -0.4 is 5.32 Å². The average Bonchev–Trinajstić information content (AvgIpc) is 3.32. The molecule has 0 saturated carbocycles. The molecule has 3 heterocycles. The molecule has 0 aromatic heterocycles. The van der Waals surface area contributed by atoms with Gasteiger partial charge in [0.25, 0.3) is 0 Å². The maximum atomic E-state index is 12.4. The summed E-state index contributed by atoms with van der Waals surface area (Å²) in [4.78, 5) is 16.7. The number of fused-ring (bicyclic) bond motifs is 5. The van der Waals surface area contributed by atoms with Gasteiger partial charge in [0.1, 0.15) is 0 Å². The van der Waals surface area contributed by atoms with E-state index in [0.29, 0.717) is 24.0 Å². The summed E-state index contributed by atoms with van der Waals surface area (Å²) < 4.78 is 5.98. The van der Waals surface area contributed by atoms with Crippen molar-refractivity contribution in [2.75, 3.05) is 33.2 Å². The lowest BCUT2D eigenvalue weighted by atomic mass is 9.82. The van der Waals surface area contributed by atoms with Crippen LogP contribution in [0.3, 0.4) is 0 Å². The predicted octanol–water partition coefficient (Wildman–Crippen LogP) is 2.33. The number of benzene rings is 1. The first-order valence-electron chi connectivity index (χ1n) is 9.61. The third-order valence-corrected chi connectivity index (χ3v) is 6.03. The molecule has 0 aliphatic carbocycles. The van der Waals surface area contributed by atoms with Gasteiger partial charge in [-0.25, -0.2) is 4.79 Å². The number of amides is 2. The van der Waals surface area contributed by atoms with Gasteiger partial charge in [0.2, 0.25) is 0 Å². The van der Waals surface area contributed by atoms with Crippen molar-refractivity contribution in [3.05, 3.63) is 35.9 Å². The van der Waals surface area contributed by atoms with Crippen molar-refractivity contribution >= 4 is 6.03 Å². The van der Waals surface area contributed by atoms with Gasteiger partial charge in [-0.2, -0.15) is 0 Å². The van der Waals surface area contributed by atoms with Gasteiger partial charge in [-0.1, -0.05) is 30.3 Å². The standard InChI is InChI=1S/C20H29N3O2/c1-22(12-15-6-3-2-4-7-15)11-5-10-21-20(24)23-13-16-17(14-23)19-9-8-18(16)25-19/h2-4,6-7,16-19H,5,8-14H2,1H3,(H,21,24)/t16-,17+,18-,19-/m1/s1. The van der Waals surface area contributed by atoms with Crippen LogP contribution in [0.5, 0.6) is 0 Å².